The lowest BCUT2D eigenvalue weighted by Gasteiger charge is -2.26. The van der Waals surface area contributed by atoms with Gasteiger partial charge in [0.25, 0.3) is 0 Å². The zero-order valence-corrected chi connectivity index (χ0v) is 29.0. The van der Waals surface area contributed by atoms with Gasteiger partial charge in [0.15, 0.2) is 17.5 Å². The van der Waals surface area contributed by atoms with Gasteiger partial charge in [-0.25, -0.2) is 15.0 Å². The first-order chi connectivity index (χ1) is 26.2. The van der Waals surface area contributed by atoms with Crippen molar-refractivity contribution in [3.63, 3.8) is 0 Å². The van der Waals surface area contributed by atoms with Gasteiger partial charge in [-0.15, -0.1) is 0 Å². The van der Waals surface area contributed by atoms with Gasteiger partial charge in [0.05, 0.1) is 0 Å². The van der Waals surface area contributed by atoms with E-state index < -0.39 is 0 Å². The molecule has 4 nitrogen and oxygen atoms in total. The molecule has 0 spiro atoms. The molecule has 2 aliphatic rings. The molecule has 0 saturated carbocycles. The Kier molecular flexibility index (Phi) is 7.72. The number of rotatable bonds is 6. The van der Waals surface area contributed by atoms with E-state index in [0.29, 0.717) is 23.4 Å². The quantitative estimate of drug-likeness (QED) is 0.164. The Hall–Kier alpha value is -6.65. The van der Waals surface area contributed by atoms with Crippen LogP contribution in [0.1, 0.15) is 29.4 Å². The van der Waals surface area contributed by atoms with Crippen LogP contribution in [-0.2, 0) is 0 Å². The van der Waals surface area contributed by atoms with Crippen molar-refractivity contribution < 1.29 is 4.74 Å². The molecule has 252 valence electrons. The van der Waals surface area contributed by atoms with Crippen LogP contribution in [0.5, 0.6) is 5.75 Å². The lowest BCUT2D eigenvalue weighted by Crippen LogP contribution is -2.23. The van der Waals surface area contributed by atoms with Crippen LogP contribution in [0.4, 0.5) is 0 Å². The summed E-state index contributed by atoms with van der Waals surface area (Å²) in [5.74, 6) is 3.57. The molecule has 0 saturated heterocycles. The molecule has 4 heteroatoms. The Morgan fingerprint density at radius 1 is 0.415 bits per heavy atom. The van der Waals surface area contributed by atoms with Gasteiger partial charge in [-0.1, -0.05) is 164 Å². The number of hydrogen-bond acceptors (Lipinski definition) is 4. The summed E-state index contributed by atoms with van der Waals surface area (Å²) in [6.07, 6.45) is 5.84. The first kappa shape index (κ1) is 31.1. The lowest BCUT2D eigenvalue weighted by molar-refractivity contribution is 0.197. The van der Waals surface area contributed by atoms with Crippen LogP contribution in [0.3, 0.4) is 0 Å². The average molecular weight is 682 g/mol. The fourth-order valence-electron chi connectivity index (χ4n) is 7.86. The highest BCUT2D eigenvalue weighted by atomic mass is 16.5. The molecule has 3 atom stereocenters. The Morgan fingerprint density at radius 2 is 0.943 bits per heavy atom. The van der Waals surface area contributed by atoms with Crippen LogP contribution in [0.25, 0.3) is 67.2 Å². The summed E-state index contributed by atoms with van der Waals surface area (Å²) in [4.78, 5) is 14.7. The molecule has 10 rings (SSSR count). The molecule has 53 heavy (non-hydrogen) atoms. The molecule has 1 aliphatic carbocycles. The van der Waals surface area contributed by atoms with Crippen molar-refractivity contribution in [3.8, 4) is 62.2 Å². The molecular formula is C49H35N3O. The van der Waals surface area contributed by atoms with E-state index in [9.17, 15) is 0 Å². The molecule has 8 aromatic rings. The van der Waals surface area contributed by atoms with Crippen LogP contribution < -0.4 is 4.74 Å². The zero-order valence-electron chi connectivity index (χ0n) is 29.0. The van der Waals surface area contributed by atoms with Crippen LogP contribution in [0.2, 0.25) is 0 Å². The number of fused-ring (bicyclic) bond motifs is 4. The van der Waals surface area contributed by atoms with Crippen molar-refractivity contribution in [2.75, 3.05) is 0 Å². The van der Waals surface area contributed by atoms with E-state index in [1.165, 1.54) is 22.3 Å². The second-order valence-electron chi connectivity index (χ2n) is 14.0. The van der Waals surface area contributed by atoms with E-state index in [4.69, 9.17) is 19.7 Å². The minimum atomic E-state index is 0.130. The highest BCUT2D eigenvalue weighted by Crippen LogP contribution is 2.47. The van der Waals surface area contributed by atoms with Crippen LogP contribution in [0, 0.1) is 0 Å². The van der Waals surface area contributed by atoms with Crippen molar-refractivity contribution in [3.05, 3.63) is 193 Å². The van der Waals surface area contributed by atoms with Crippen molar-refractivity contribution >= 4 is 10.8 Å². The molecule has 0 fully saturated rings. The number of ether oxygens (including phenoxy) is 1. The standard InChI is InChI=1S/C49H35N3O/c1-4-11-32(12-5-1)35-17-10-18-36(27-35)40-23-25-43-44-26-24-41(31-46(44)53-45(43)30-40)38-19-20-39-29-42(22-21-37(39)28-38)49-51-47(33-13-6-2-7-14-33)50-48(52-49)34-15-8-3-9-16-34/h1-29,31,40,43,45H,30H2. The fourth-order valence-corrected chi connectivity index (χ4v) is 7.86. The van der Waals surface area contributed by atoms with Gasteiger partial charge in [0.2, 0.25) is 0 Å². The second kappa shape index (κ2) is 13.2. The zero-order chi connectivity index (χ0) is 35.1. The third-order valence-corrected chi connectivity index (χ3v) is 10.6. The molecule has 3 unspecified atom stereocenters. The number of allylic oxidation sites excluding steroid dienone is 1. The maximum atomic E-state index is 6.70. The minimum absolute atomic E-state index is 0.130. The van der Waals surface area contributed by atoms with Crippen LogP contribution in [0.15, 0.2) is 182 Å². The van der Waals surface area contributed by atoms with Crippen molar-refractivity contribution in [2.45, 2.75) is 24.4 Å². The highest BCUT2D eigenvalue weighted by Gasteiger charge is 2.37. The van der Waals surface area contributed by atoms with Crippen LogP contribution >= 0.6 is 0 Å². The third-order valence-electron chi connectivity index (χ3n) is 10.6. The molecule has 0 bridgehead atoms. The molecule has 0 amide bonds. The third kappa shape index (κ3) is 5.98. The van der Waals surface area contributed by atoms with Crippen LogP contribution in [-0.4, -0.2) is 21.1 Å². The molecule has 0 N–H and O–H groups in total. The fraction of sp³-hybridized carbons (Fsp3) is 0.0816. The topological polar surface area (TPSA) is 47.9 Å². The first-order valence-corrected chi connectivity index (χ1v) is 18.3. The first-order valence-electron chi connectivity index (χ1n) is 18.3. The Morgan fingerprint density at radius 3 is 1.62 bits per heavy atom. The largest absolute Gasteiger partial charge is 0.489 e. The van der Waals surface area contributed by atoms with E-state index in [0.717, 1.165) is 50.8 Å². The highest BCUT2D eigenvalue weighted by molar-refractivity contribution is 5.90. The molecule has 2 heterocycles. The summed E-state index contributed by atoms with van der Waals surface area (Å²) >= 11 is 0. The van der Waals surface area contributed by atoms with Gasteiger partial charge in [0, 0.05) is 34.1 Å². The summed E-state index contributed by atoms with van der Waals surface area (Å²) in [7, 11) is 0. The molecule has 7 aromatic carbocycles. The molecule has 1 aliphatic heterocycles. The van der Waals surface area contributed by atoms with Crippen molar-refractivity contribution in [1.82, 2.24) is 15.0 Å². The van der Waals surface area contributed by atoms with Gasteiger partial charge >= 0.3 is 0 Å². The van der Waals surface area contributed by atoms with Crippen molar-refractivity contribution in [1.29, 1.82) is 0 Å². The maximum absolute atomic E-state index is 6.70. The number of aromatic nitrogens is 3. The second-order valence-corrected chi connectivity index (χ2v) is 14.0. The van der Waals surface area contributed by atoms with E-state index in [2.05, 4.69) is 121 Å². The predicted octanol–water partition coefficient (Wildman–Crippen LogP) is 11.9. The number of nitrogens with zero attached hydrogens (tertiary/aromatic N) is 3. The summed E-state index contributed by atoms with van der Waals surface area (Å²) in [5.41, 5.74) is 10.3. The monoisotopic (exact) mass is 681 g/mol. The Labute approximate surface area is 309 Å². The van der Waals surface area contributed by atoms with E-state index in [1.807, 2.05) is 60.7 Å². The Balaban J connectivity index is 0.911. The van der Waals surface area contributed by atoms with E-state index >= 15 is 0 Å². The number of hydrogen-bond donors (Lipinski definition) is 0. The average Bonchev–Trinajstić information content (AvgIpc) is 3.61. The predicted molar refractivity (Wildman–Crippen MR) is 215 cm³/mol. The van der Waals surface area contributed by atoms with Gasteiger partial charge in [-0.05, 0) is 63.2 Å². The van der Waals surface area contributed by atoms with Gasteiger partial charge in [-0.3, -0.25) is 0 Å². The Bertz CT molecular complexity index is 2580. The normalized spacial score (nSPS) is 17.2. The SMILES string of the molecule is C1=CC2c3ccc(-c4ccc5cc(-c6nc(-c7ccccc7)nc(-c7ccccc7)n6)ccc5c4)cc3OC2CC1c1cccc(-c2ccccc2)c1. The molecular weight excluding hydrogens is 647 g/mol. The maximum Gasteiger partial charge on any atom is 0.164 e. The molecule has 1 aromatic heterocycles. The minimum Gasteiger partial charge on any atom is -0.489 e. The van der Waals surface area contributed by atoms with Crippen molar-refractivity contribution in [2.24, 2.45) is 0 Å². The van der Waals surface area contributed by atoms with Gasteiger partial charge in [0.1, 0.15) is 11.9 Å². The molecule has 0 radical (unpaired) electrons. The summed E-state index contributed by atoms with van der Waals surface area (Å²) < 4.78 is 6.70. The summed E-state index contributed by atoms with van der Waals surface area (Å²) in [6, 6.07) is 59.6. The summed E-state index contributed by atoms with van der Waals surface area (Å²) in [5, 5.41) is 2.29. The van der Waals surface area contributed by atoms with Gasteiger partial charge in [-0.2, -0.15) is 0 Å². The van der Waals surface area contributed by atoms with E-state index in [1.54, 1.807) is 0 Å². The number of benzene rings is 7. The van der Waals surface area contributed by atoms with E-state index in [-0.39, 0.29) is 12.0 Å². The summed E-state index contributed by atoms with van der Waals surface area (Å²) in [6.45, 7) is 0. The smallest absolute Gasteiger partial charge is 0.164 e. The van der Waals surface area contributed by atoms with Gasteiger partial charge < -0.3 is 4.74 Å². The lowest BCUT2D eigenvalue weighted by atomic mass is 9.80.